The van der Waals surface area contributed by atoms with Gasteiger partial charge in [0.1, 0.15) is 6.29 Å². The Morgan fingerprint density at radius 2 is 0.967 bits per heavy atom. The monoisotopic (exact) mass is 853 g/mol. The number of carboxylic acids is 2. The predicted molar refractivity (Wildman–Crippen MR) is 229 cm³/mol. The van der Waals surface area contributed by atoms with Crippen LogP contribution in [-0.4, -0.2) is 127 Å². The summed E-state index contributed by atoms with van der Waals surface area (Å²) in [5.41, 5.74) is 3.37. The van der Waals surface area contributed by atoms with Gasteiger partial charge in [0.2, 0.25) is 0 Å². The van der Waals surface area contributed by atoms with Crippen molar-refractivity contribution in [1.29, 1.82) is 0 Å². The number of rotatable bonds is 10. The number of aliphatic hydroxyl groups is 1. The zero-order chi connectivity index (χ0) is 44.5. The maximum atomic E-state index is 10.9. The number of aromatic carboxylic acids is 2. The molecule has 0 saturated carbocycles. The van der Waals surface area contributed by atoms with Crippen LogP contribution in [0.25, 0.3) is 12.2 Å². The van der Waals surface area contributed by atoms with Gasteiger partial charge >= 0.3 is 29.8 Å². The molecular weight excluding hydrogens is 798 g/mol. The molecule has 2 heterocycles. The predicted octanol–water partition coefficient (Wildman–Crippen LogP) is 6.13. The van der Waals surface area contributed by atoms with Crippen LogP contribution in [0.15, 0.2) is 84.9 Å². The minimum Gasteiger partial charge on any atom is -0.478 e. The number of hydrogen-bond donors (Lipinski definition) is 3. The van der Waals surface area contributed by atoms with E-state index in [2.05, 4.69) is 14.2 Å². The number of aldehydes is 1. The fraction of sp³-hybridized carbons (Fsp3) is 0.349. The fourth-order valence-electron chi connectivity index (χ4n) is 4.04. The minimum atomic E-state index is -2.21. The molecule has 3 radical (unpaired) electrons. The third kappa shape index (κ3) is 30.4. The van der Waals surface area contributed by atoms with E-state index in [0.29, 0.717) is 11.8 Å². The van der Waals surface area contributed by atoms with Crippen molar-refractivity contribution >= 4 is 63.8 Å². The first-order valence-electron chi connectivity index (χ1n) is 18.2. The zero-order valence-electron chi connectivity index (χ0n) is 34.7. The van der Waals surface area contributed by atoms with Crippen molar-refractivity contribution < 1.29 is 72.3 Å². The molecule has 0 aliphatic carbocycles. The number of benzene rings is 3. The van der Waals surface area contributed by atoms with Gasteiger partial charge in [-0.2, -0.15) is 0 Å². The summed E-state index contributed by atoms with van der Waals surface area (Å²) in [7, 11) is 1.70. The standard InChI is InChI=1S/C11H10O4.C11H12O3.C8H6O3.C5H11O3P.2C4H8O.B/c1-15-10(12)7-4-8-2-5-9(6-3-8)11(13)14;1-14-11(13)7-6-9-2-4-10(8-12)5-3-9;9-5-6-1-3-7(4-2-6)8(10)11;1-8-5(6)4-9(2,3)7;2*1-2-4-5-3-1;/h2-7H,1H3,(H,13,14);2-7,12H,8H2,1H3;1-5H,(H,10,11);4H2,1-3H3;2*1-4H2;/b7-4+;7-6+;;;;;. The number of aliphatic hydroxyl groups excluding tert-OH is 1. The Morgan fingerprint density at radius 1 is 0.617 bits per heavy atom. The van der Waals surface area contributed by atoms with E-state index in [-0.39, 0.29) is 38.3 Å². The van der Waals surface area contributed by atoms with Crippen molar-refractivity contribution in [3.8, 4) is 0 Å². The second kappa shape index (κ2) is 34.2. The zero-order valence-corrected chi connectivity index (χ0v) is 35.5. The lowest BCUT2D eigenvalue weighted by Crippen LogP contribution is -2.05. The second-order valence-electron chi connectivity index (χ2n) is 12.5. The maximum Gasteiger partial charge on any atom is 0.335 e. The van der Waals surface area contributed by atoms with Gasteiger partial charge in [-0.3, -0.25) is 9.59 Å². The lowest BCUT2D eigenvalue weighted by atomic mass is 10.1. The van der Waals surface area contributed by atoms with Crippen molar-refractivity contribution in [1.82, 2.24) is 0 Å². The quantitative estimate of drug-likeness (QED) is 0.0521. The van der Waals surface area contributed by atoms with Crippen LogP contribution in [0.2, 0.25) is 0 Å². The van der Waals surface area contributed by atoms with Gasteiger partial charge in [-0.15, -0.1) is 0 Å². The van der Waals surface area contributed by atoms with Crippen LogP contribution in [0.5, 0.6) is 0 Å². The molecule has 15 nitrogen and oxygen atoms in total. The van der Waals surface area contributed by atoms with Crippen LogP contribution in [-0.2, 0) is 49.2 Å². The summed E-state index contributed by atoms with van der Waals surface area (Å²) in [6.07, 6.45) is 11.7. The van der Waals surface area contributed by atoms with E-state index >= 15 is 0 Å². The number of carbonyl (C=O) groups excluding carboxylic acids is 4. The number of carbonyl (C=O) groups is 6. The largest absolute Gasteiger partial charge is 0.478 e. The van der Waals surface area contributed by atoms with E-state index in [4.69, 9.17) is 24.8 Å². The van der Waals surface area contributed by atoms with Gasteiger partial charge in [0.05, 0.1) is 52.4 Å². The Labute approximate surface area is 353 Å². The van der Waals surface area contributed by atoms with E-state index in [1.807, 2.05) is 12.1 Å². The first kappa shape index (κ1) is 56.4. The molecule has 2 saturated heterocycles. The van der Waals surface area contributed by atoms with Crippen molar-refractivity contribution in [2.45, 2.75) is 32.3 Å². The van der Waals surface area contributed by atoms with Gasteiger partial charge in [-0.05, 0) is 92.1 Å². The van der Waals surface area contributed by atoms with E-state index < -0.39 is 31.0 Å². The molecule has 0 atom stereocenters. The van der Waals surface area contributed by atoms with Gasteiger partial charge in [-0.25, -0.2) is 19.2 Å². The molecule has 0 spiro atoms. The molecule has 17 heteroatoms. The molecule has 3 N–H and O–H groups in total. The molecule has 0 unspecified atom stereocenters. The van der Waals surface area contributed by atoms with Crippen LogP contribution < -0.4 is 0 Å². The Bertz CT molecular complexity index is 1770. The fourth-order valence-corrected chi connectivity index (χ4v) is 4.79. The number of esters is 3. The lowest BCUT2D eigenvalue weighted by Gasteiger charge is -2.02. The number of hydrogen-bond acceptors (Lipinski definition) is 13. The lowest BCUT2D eigenvalue weighted by molar-refractivity contribution is -0.138. The molecule has 0 bridgehead atoms. The molecule has 3 aromatic carbocycles. The normalized spacial score (nSPS) is 12.3. The van der Waals surface area contributed by atoms with Gasteiger partial charge in [0.15, 0.2) is 0 Å². The van der Waals surface area contributed by atoms with Crippen LogP contribution in [0.1, 0.15) is 73.4 Å². The number of ether oxygens (including phenoxy) is 5. The Balaban J connectivity index is 0. The first-order chi connectivity index (χ1) is 28.1. The van der Waals surface area contributed by atoms with Gasteiger partial charge < -0.3 is 43.6 Å². The third-order valence-electron chi connectivity index (χ3n) is 7.23. The van der Waals surface area contributed by atoms with E-state index in [1.54, 1.807) is 49.7 Å². The molecule has 3 aromatic rings. The van der Waals surface area contributed by atoms with E-state index in [0.717, 1.165) is 43.1 Å². The average molecular weight is 854 g/mol. The van der Waals surface area contributed by atoms with Crippen molar-refractivity contribution in [2.75, 3.05) is 67.2 Å². The highest BCUT2D eigenvalue weighted by molar-refractivity contribution is 7.63. The Morgan fingerprint density at radius 3 is 1.20 bits per heavy atom. The Hall–Kier alpha value is -5.67. The highest BCUT2D eigenvalue weighted by atomic mass is 31.2. The van der Waals surface area contributed by atoms with Crippen molar-refractivity contribution in [2.24, 2.45) is 0 Å². The summed E-state index contributed by atoms with van der Waals surface area (Å²) in [6, 6.07) is 19.2. The van der Waals surface area contributed by atoms with Crippen LogP contribution >= 0.6 is 7.14 Å². The summed E-state index contributed by atoms with van der Waals surface area (Å²) in [6.45, 7) is 7.15. The van der Waals surface area contributed by atoms with Gasteiger partial charge in [-0.1, -0.05) is 48.5 Å². The van der Waals surface area contributed by atoms with E-state index in [1.165, 1.54) is 95.6 Å². The summed E-state index contributed by atoms with van der Waals surface area (Å²) in [5.74, 6) is -3.18. The van der Waals surface area contributed by atoms with Crippen LogP contribution in [0.3, 0.4) is 0 Å². The molecule has 60 heavy (non-hydrogen) atoms. The maximum absolute atomic E-state index is 10.9. The summed E-state index contributed by atoms with van der Waals surface area (Å²) >= 11 is 0. The number of carboxylic acid groups (broad SMARTS) is 2. The third-order valence-corrected chi connectivity index (χ3v) is 8.25. The molecule has 0 aromatic heterocycles. The molecule has 2 fully saturated rings. The molecule has 325 valence electrons. The Kier molecular flexibility index (Phi) is 32.2. The van der Waals surface area contributed by atoms with Gasteiger partial charge in [0, 0.05) is 52.6 Å². The average Bonchev–Trinajstić information content (AvgIpc) is 4.03. The molecule has 2 aliphatic heterocycles. The topological polar surface area (TPSA) is 226 Å². The SMILES string of the molecule is C1CCOC1.C1CCOC1.COC(=O)/C=C/c1ccc(C(=O)O)cc1.COC(=O)/C=C/c1ccc(CO)cc1.COC(=O)CP(C)(C)=O.O=Cc1ccc(C(=O)O)cc1.[B]. The summed E-state index contributed by atoms with van der Waals surface area (Å²) < 4.78 is 34.0. The van der Waals surface area contributed by atoms with Gasteiger partial charge in [0.25, 0.3) is 0 Å². The van der Waals surface area contributed by atoms with Crippen molar-refractivity contribution in [3.63, 3.8) is 0 Å². The highest BCUT2D eigenvalue weighted by Gasteiger charge is 2.13. The highest BCUT2D eigenvalue weighted by Crippen LogP contribution is 2.35. The molecule has 0 amide bonds. The van der Waals surface area contributed by atoms with Crippen LogP contribution in [0, 0.1) is 0 Å². The molecular formula is C43H55BO15P. The van der Waals surface area contributed by atoms with Crippen molar-refractivity contribution in [3.05, 3.63) is 118 Å². The summed E-state index contributed by atoms with van der Waals surface area (Å²) in [4.78, 5) is 62.9. The van der Waals surface area contributed by atoms with Crippen LogP contribution in [0.4, 0.5) is 0 Å². The second-order valence-corrected chi connectivity index (χ2v) is 16.0. The minimum absolute atomic E-state index is 0. The first-order valence-corrected chi connectivity index (χ1v) is 21.0. The number of methoxy groups -OCH3 is 3. The smallest absolute Gasteiger partial charge is 0.335 e. The summed E-state index contributed by atoms with van der Waals surface area (Å²) in [5, 5.41) is 25.9. The van der Waals surface area contributed by atoms with E-state index in [9.17, 15) is 33.3 Å². The molecule has 2 aliphatic rings. The molecule has 5 rings (SSSR count).